The maximum Gasteiger partial charge on any atom is 0.336 e. The predicted octanol–water partition coefficient (Wildman–Crippen LogP) is 4.36. The van der Waals surface area contributed by atoms with E-state index in [-0.39, 0.29) is 5.56 Å². The fourth-order valence-electron chi connectivity index (χ4n) is 2.12. The molecule has 1 N–H and O–H groups in total. The van der Waals surface area contributed by atoms with Crippen molar-refractivity contribution in [3.05, 3.63) is 64.6 Å². The van der Waals surface area contributed by atoms with E-state index >= 15 is 0 Å². The molecule has 0 saturated carbocycles. The molecule has 20 heavy (non-hydrogen) atoms. The van der Waals surface area contributed by atoms with Gasteiger partial charge in [-0.3, -0.25) is 0 Å². The number of aromatic nitrogens is 1. The fraction of sp³-hybridized carbons (Fsp3) is 0. The number of carboxylic acids is 1. The zero-order valence-corrected chi connectivity index (χ0v) is 12.0. The van der Waals surface area contributed by atoms with Crippen LogP contribution in [0.1, 0.15) is 10.4 Å². The lowest BCUT2D eigenvalue weighted by Gasteiger charge is -2.07. The van der Waals surface area contributed by atoms with Crippen LogP contribution in [0, 0.1) is 0 Å². The number of hydrogen-bond acceptors (Lipinski definition) is 2. The molecule has 0 fully saturated rings. The molecule has 98 valence electrons. The molecule has 0 bridgehead atoms. The number of pyridine rings is 1. The van der Waals surface area contributed by atoms with Gasteiger partial charge in [0.15, 0.2) is 0 Å². The minimum absolute atomic E-state index is 0.272. The molecule has 0 amide bonds. The van der Waals surface area contributed by atoms with Crippen LogP contribution in [-0.4, -0.2) is 16.1 Å². The Morgan fingerprint density at radius 2 is 1.75 bits per heavy atom. The Kier molecular flexibility index (Phi) is 3.24. The molecular formula is C16H10BrNO2. The molecule has 0 aliphatic rings. The summed E-state index contributed by atoms with van der Waals surface area (Å²) >= 11 is 3.38. The Morgan fingerprint density at radius 1 is 1.05 bits per heavy atom. The highest BCUT2D eigenvalue weighted by Gasteiger charge is 2.12. The Labute approximate surface area is 124 Å². The Hall–Kier alpha value is -2.20. The zero-order valence-electron chi connectivity index (χ0n) is 10.4. The molecule has 3 aromatic rings. The van der Waals surface area contributed by atoms with Gasteiger partial charge < -0.3 is 5.11 Å². The molecular weight excluding hydrogens is 318 g/mol. The van der Waals surface area contributed by atoms with Crippen molar-refractivity contribution in [3.63, 3.8) is 0 Å². The zero-order chi connectivity index (χ0) is 14.1. The van der Waals surface area contributed by atoms with Crippen LogP contribution in [0.4, 0.5) is 0 Å². The first-order valence-corrected chi connectivity index (χ1v) is 6.83. The largest absolute Gasteiger partial charge is 0.478 e. The summed E-state index contributed by atoms with van der Waals surface area (Å²) in [6.07, 6.45) is 0. The van der Waals surface area contributed by atoms with Crippen LogP contribution in [0.5, 0.6) is 0 Å². The predicted molar refractivity (Wildman–Crippen MR) is 81.8 cm³/mol. The van der Waals surface area contributed by atoms with Crippen molar-refractivity contribution >= 4 is 32.8 Å². The lowest BCUT2D eigenvalue weighted by atomic mass is 10.0. The summed E-state index contributed by atoms with van der Waals surface area (Å²) in [5.74, 6) is -0.943. The van der Waals surface area contributed by atoms with Crippen molar-refractivity contribution < 1.29 is 9.90 Å². The molecule has 3 nitrogen and oxygen atoms in total. The third-order valence-electron chi connectivity index (χ3n) is 3.09. The van der Waals surface area contributed by atoms with Gasteiger partial charge in [-0.15, -0.1) is 0 Å². The molecule has 1 heterocycles. The van der Waals surface area contributed by atoms with E-state index in [9.17, 15) is 9.90 Å². The van der Waals surface area contributed by atoms with Crippen molar-refractivity contribution in [1.29, 1.82) is 0 Å². The average molecular weight is 328 g/mol. The van der Waals surface area contributed by atoms with Crippen molar-refractivity contribution in [2.45, 2.75) is 0 Å². The Balaban J connectivity index is 2.27. The van der Waals surface area contributed by atoms with Crippen LogP contribution >= 0.6 is 15.9 Å². The van der Waals surface area contributed by atoms with Crippen LogP contribution in [-0.2, 0) is 0 Å². The molecule has 0 aliphatic carbocycles. The Bertz CT molecular complexity index is 797. The number of benzene rings is 2. The number of fused-ring (bicyclic) bond motifs is 1. The van der Waals surface area contributed by atoms with E-state index in [2.05, 4.69) is 20.9 Å². The third-order valence-corrected chi connectivity index (χ3v) is 3.62. The summed E-state index contributed by atoms with van der Waals surface area (Å²) in [7, 11) is 0. The smallest absolute Gasteiger partial charge is 0.336 e. The number of para-hydroxylation sites is 1. The quantitative estimate of drug-likeness (QED) is 0.760. The number of carboxylic acid groups (broad SMARTS) is 1. The fourth-order valence-corrected chi connectivity index (χ4v) is 2.39. The number of halogens is 1. The standard InChI is InChI=1S/C16H10BrNO2/c17-11-7-5-10(6-8-11)15-9-13(16(19)20)12-3-1-2-4-14(12)18-15/h1-9H,(H,19,20). The van der Waals surface area contributed by atoms with E-state index in [1.165, 1.54) is 0 Å². The van der Waals surface area contributed by atoms with Gasteiger partial charge in [0.1, 0.15) is 0 Å². The second kappa shape index (κ2) is 5.06. The summed E-state index contributed by atoms with van der Waals surface area (Å²) in [5, 5.41) is 10.0. The van der Waals surface area contributed by atoms with Crippen molar-refractivity contribution in [3.8, 4) is 11.3 Å². The van der Waals surface area contributed by atoms with Crippen molar-refractivity contribution in [2.75, 3.05) is 0 Å². The molecule has 0 saturated heterocycles. The summed E-state index contributed by atoms with van der Waals surface area (Å²) in [5.41, 5.74) is 2.51. The SMILES string of the molecule is O=C(O)c1cc(-c2ccc(Br)cc2)nc2ccccc12. The van der Waals surface area contributed by atoms with E-state index < -0.39 is 5.97 Å². The van der Waals surface area contributed by atoms with Gasteiger partial charge in [0.05, 0.1) is 16.8 Å². The minimum Gasteiger partial charge on any atom is -0.478 e. The van der Waals surface area contributed by atoms with Gasteiger partial charge in [0.2, 0.25) is 0 Å². The molecule has 2 aromatic carbocycles. The summed E-state index contributed by atoms with van der Waals surface area (Å²) in [6.45, 7) is 0. The second-order valence-corrected chi connectivity index (χ2v) is 5.30. The monoisotopic (exact) mass is 327 g/mol. The van der Waals surface area contributed by atoms with Crippen molar-refractivity contribution in [2.24, 2.45) is 0 Å². The second-order valence-electron chi connectivity index (χ2n) is 4.38. The highest BCUT2D eigenvalue weighted by Crippen LogP contribution is 2.25. The average Bonchev–Trinajstić information content (AvgIpc) is 2.46. The summed E-state index contributed by atoms with van der Waals surface area (Å²) < 4.78 is 0.973. The van der Waals surface area contributed by atoms with Gasteiger partial charge in [-0.25, -0.2) is 9.78 Å². The first-order chi connectivity index (χ1) is 9.65. The van der Waals surface area contributed by atoms with E-state index in [0.717, 1.165) is 10.0 Å². The highest BCUT2D eigenvalue weighted by molar-refractivity contribution is 9.10. The van der Waals surface area contributed by atoms with Crippen LogP contribution in [0.3, 0.4) is 0 Å². The van der Waals surface area contributed by atoms with E-state index in [0.29, 0.717) is 16.6 Å². The van der Waals surface area contributed by atoms with E-state index in [4.69, 9.17) is 0 Å². The first kappa shape index (κ1) is 12.8. The maximum atomic E-state index is 11.4. The number of carbonyl (C=O) groups is 1. The summed E-state index contributed by atoms with van der Waals surface area (Å²) in [4.78, 5) is 16.0. The van der Waals surface area contributed by atoms with Gasteiger partial charge >= 0.3 is 5.97 Å². The minimum atomic E-state index is -0.943. The molecule has 1 aromatic heterocycles. The molecule has 0 radical (unpaired) electrons. The van der Waals surface area contributed by atoms with Gasteiger partial charge in [-0.2, -0.15) is 0 Å². The molecule has 0 spiro atoms. The molecule has 3 rings (SSSR count). The first-order valence-electron chi connectivity index (χ1n) is 6.04. The van der Waals surface area contributed by atoms with Crippen LogP contribution in [0.2, 0.25) is 0 Å². The van der Waals surface area contributed by atoms with Gasteiger partial charge in [0.25, 0.3) is 0 Å². The number of aromatic carboxylic acids is 1. The summed E-state index contributed by atoms with van der Waals surface area (Å²) in [6, 6.07) is 16.5. The number of hydrogen-bond donors (Lipinski definition) is 1. The maximum absolute atomic E-state index is 11.4. The van der Waals surface area contributed by atoms with Gasteiger partial charge in [0, 0.05) is 15.4 Å². The molecule has 0 aliphatic heterocycles. The third kappa shape index (κ3) is 2.30. The number of rotatable bonds is 2. The van der Waals surface area contributed by atoms with Crippen molar-refractivity contribution in [1.82, 2.24) is 4.98 Å². The van der Waals surface area contributed by atoms with E-state index in [1.54, 1.807) is 12.1 Å². The lowest BCUT2D eigenvalue weighted by molar-refractivity contribution is 0.0699. The normalized spacial score (nSPS) is 10.7. The topological polar surface area (TPSA) is 50.2 Å². The van der Waals surface area contributed by atoms with Crippen LogP contribution < -0.4 is 0 Å². The molecule has 4 heteroatoms. The lowest BCUT2D eigenvalue weighted by Crippen LogP contribution is -2.00. The van der Waals surface area contributed by atoms with Crippen LogP contribution in [0.25, 0.3) is 22.2 Å². The van der Waals surface area contributed by atoms with Gasteiger partial charge in [-0.05, 0) is 24.3 Å². The van der Waals surface area contributed by atoms with Crippen LogP contribution in [0.15, 0.2) is 59.1 Å². The molecule has 0 unspecified atom stereocenters. The van der Waals surface area contributed by atoms with E-state index in [1.807, 2.05) is 42.5 Å². The number of nitrogens with zero attached hydrogens (tertiary/aromatic N) is 1. The molecule has 0 atom stereocenters. The Morgan fingerprint density at radius 3 is 2.45 bits per heavy atom. The van der Waals surface area contributed by atoms with Gasteiger partial charge in [-0.1, -0.05) is 46.3 Å². The highest BCUT2D eigenvalue weighted by atomic mass is 79.9.